The molecule has 0 amide bonds. The Morgan fingerprint density at radius 2 is 1.46 bits per heavy atom. The van der Waals surface area contributed by atoms with Crippen molar-refractivity contribution in [2.75, 3.05) is 48.6 Å². The molecule has 3 aromatic carbocycles. The Morgan fingerprint density at radius 1 is 0.811 bits per heavy atom. The van der Waals surface area contributed by atoms with Crippen LogP contribution in [0.25, 0.3) is 0 Å². The monoisotopic (exact) mass is 507 g/mol. The molecule has 0 aromatic heterocycles. The van der Waals surface area contributed by atoms with Gasteiger partial charge in [0.25, 0.3) is 0 Å². The lowest BCUT2D eigenvalue weighted by Crippen LogP contribution is -2.40. The molecule has 37 heavy (non-hydrogen) atoms. The Labute approximate surface area is 219 Å². The maximum atomic E-state index is 11.3. The maximum absolute atomic E-state index is 11.3. The highest BCUT2D eigenvalue weighted by atomic mass is 16.6. The Balaban J connectivity index is 1.50. The van der Waals surface area contributed by atoms with Crippen LogP contribution < -0.4 is 23.7 Å². The van der Waals surface area contributed by atoms with Gasteiger partial charge < -0.3 is 33.7 Å². The summed E-state index contributed by atoms with van der Waals surface area (Å²) in [7, 11) is 8.64. The largest absolute Gasteiger partial charge is 0.493 e. The van der Waals surface area contributed by atoms with E-state index in [-0.39, 0.29) is 0 Å². The van der Waals surface area contributed by atoms with Crippen molar-refractivity contribution < 1.29 is 28.8 Å². The maximum Gasteiger partial charge on any atom is 0.211 e. The van der Waals surface area contributed by atoms with Crippen molar-refractivity contribution in [2.24, 2.45) is 0 Å². The van der Waals surface area contributed by atoms with E-state index in [0.717, 1.165) is 48.6 Å². The first-order valence-corrected chi connectivity index (χ1v) is 12.5. The summed E-state index contributed by atoms with van der Waals surface area (Å²) < 4.78 is 27.8. The average molecular weight is 508 g/mol. The number of ether oxygens (including phenoxy) is 5. The van der Waals surface area contributed by atoms with Gasteiger partial charge in [0.1, 0.15) is 5.75 Å². The highest BCUT2D eigenvalue weighted by molar-refractivity contribution is 5.59. The number of aliphatic hydroxyl groups excluding tert-OH is 1. The zero-order chi connectivity index (χ0) is 26.4. The fourth-order valence-electron chi connectivity index (χ4n) is 5.19. The van der Waals surface area contributed by atoms with Crippen LogP contribution in [0.4, 0.5) is 0 Å². The van der Waals surface area contributed by atoms with E-state index in [4.69, 9.17) is 23.7 Å². The Kier molecular flexibility index (Phi) is 8.46. The number of nitrogens with zero attached hydrogens (tertiary/aromatic N) is 1. The quantitative estimate of drug-likeness (QED) is 0.382. The van der Waals surface area contributed by atoms with Crippen molar-refractivity contribution in [1.29, 1.82) is 0 Å². The average Bonchev–Trinajstić information content (AvgIpc) is 3.21. The van der Waals surface area contributed by atoms with Gasteiger partial charge in [0.15, 0.2) is 23.0 Å². The van der Waals surface area contributed by atoms with Gasteiger partial charge in [-0.05, 0) is 62.2 Å². The number of hydrogen-bond acceptors (Lipinski definition) is 7. The van der Waals surface area contributed by atoms with E-state index in [0.29, 0.717) is 23.7 Å². The molecule has 0 saturated carbocycles. The summed E-state index contributed by atoms with van der Waals surface area (Å²) in [5.41, 5.74) is 2.42. The first-order valence-electron chi connectivity index (χ1n) is 12.5. The third-order valence-electron chi connectivity index (χ3n) is 7.26. The lowest BCUT2D eigenvalue weighted by atomic mass is 9.71. The Hall–Kier alpha value is -3.42. The summed E-state index contributed by atoms with van der Waals surface area (Å²) in [5, 5.41) is 11.3. The molecular formula is C30H37NO6. The highest BCUT2D eigenvalue weighted by Crippen LogP contribution is 2.52. The minimum atomic E-state index is -1.02. The normalized spacial score (nSPS) is 18.3. The summed E-state index contributed by atoms with van der Waals surface area (Å²) >= 11 is 0. The van der Waals surface area contributed by atoms with Gasteiger partial charge >= 0.3 is 0 Å². The second kappa shape index (κ2) is 11.8. The second-order valence-corrected chi connectivity index (χ2v) is 9.36. The fourth-order valence-corrected chi connectivity index (χ4v) is 5.19. The summed E-state index contributed by atoms with van der Waals surface area (Å²) in [6.07, 6.45) is 1.46. The van der Waals surface area contributed by atoms with Crippen LogP contribution >= 0.6 is 0 Å². The molecule has 198 valence electrons. The van der Waals surface area contributed by atoms with Crippen molar-refractivity contribution in [3.05, 3.63) is 77.4 Å². The molecule has 3 aromatic rings. The smallest absolute Gasteiger partial charge is 0.211 e. The molecule has 1 heterocycles. The lowest BCUT2D eigenvalue weighted by molar-refractivity contribution is -0.0469. The van der Waals surface area contributed by atoms with Crippen molar-refractivity contribution >= 4 is 0 Å². The molecule has 0 bridgehead atoms. The van der Waals surface area contributed by atoms with Crippen LogP contribution in [0.5, 0.6) is 28.7 Å². The van der Waals surface area contributed by atoms with Gasteiger partial charge in [-0.25, -0.2) is 0 Å². The van der Waals surface area contributed by atoms with E-state index in [2.05, 4.69) is 30.1 Å². The van der Waals surface area contributed by atoms with Gasteiger partial charge in [-0.2, -0.15) is 0 Å². The van der Waals surface area contributed by atoms with Crippen molar-refractivity contribution in [3.8, 4) is 28.7 Å². The number of fused-ring (bicyclic) bond motifs is 1. The third kappa shape index (κ3) is 5.33. The standard InChI is InChI=1S/C30H37NO6/c1-31(17-14-21-12-13-24(33-2)26(18-21)34-3)16-9-15-30(22-10-7-6-8-11-22)23-19-27(35-4)28(36-5)20-25(23)37-29(30)32/h6-8,10-13,18-20,29,32H,9,14-17H2,1-5H3. The molecule has 7 nitrogen and oxygen atoms in total. The summed E-state index contributed by atoms with van der Waals surface area (Å²) in [6.45, 7) is 1.77. The highest BCUT2D eigenvalue weighted by Gasteiger charge is 2.50. The molecule has 1 aliphatic rings. The fraction of sp³-hybridized carbons (Fsp3) is 0.400. The molecule has 2 atom stereocenters. The van der Waals surface area contributed by atoms with Crippen LogP contribution in [0, 0.1) is 0 Å². The SMILES string of the molecule is COc1ccc(CCN(C)CCCC2(c3ccccc3)c3cc(OC)c(OC)cc3OC2O)cc1OC. The van der Waals surface area contributed by atoms with E-state index >= 15 is 0 Å². The molecule has 2 unspecified atom stereocenters. The van der Waals surface area contributed by atoms with Gasteiger partial charge in [-0.1, -0.05) is 36.4 Å². The van der Waals surface area contributed by atoms with Crippen LogP contribution in [0.2, 0.25) is 0 Å². The minimum Gasteiger partial charge on any atom is -0.493 e. The minimum absolute atomic E-state index is 0.576. The van der Waals surface area contributed by atoms with E-state index in [9.17, 15) is 5.11 Å². The van der Waals surface area contributed by atoms with Crippen LogP contribution in [-0.2, 0) is 11.8 Å². The Bertz CT molecular complexity index is 1180. The van der Waals surface area contributed by atoms with Crippen LogP contribution in [0.1, 0.15) is 29.5 Å². The number of aliphatic hydroxyl groups is 1. The topological polar surface area (TPSA) is 69.6 Å². The van der Waals surface area contributed by atoms with E-state index in [1.165, 1.54) is 5.56 Å². The summed E-state index contributed by atoms with van der Waals surface area (Å²) in [4.78, 5) is 2.31. The lowest BCUT2D eigenvalue weighted by Gasteiger charge is -2.33. The molecule has 4 rings (SSSR count). The molecular weight excluding hydrogens is 470 g/mol. The first kappa shape index (κ1) is 26.6. The predicted molar refractivity (Wildman–Crippen MR) is 143 cm³/mol. The second-order valence-electron chi connectivity index (χ2n) is 9.36. The van der Waals surface area contributed by atoms with Gasteiger partial charge in [0.05, 0.1) is 33.9 Å². The molecule has 1 aliphatic heterocycles. The van der Waals surface area contributed by atoms with Crippen LogP contribution in [-0.4, -0.2) is 64.9 Å². The molecule has 0 aliphatic carbocycles. The van der Waals surface area contributed by atoms with Gasteiger partial charge in [-0.15, -0.1) is 0 Å². The summed E-state index contributed by atoms with van der Waals surface area (Å²) in [5.74, 6) is 3.29. The van der Waals surface area contributed by atoms with Crippen LogP contribution in [0.15, 0.2) is 60.7 Å². The van der Waals surface area contributed by atoms with Crippen LogP contribution in [0.3, 0.4) is 0 Å². The number of likely N-dealkylation sites (N-methyl/N-ethyl adjacent to an activating group) is 1. The number of rotatable bonds is 12. The number of hydrogen-bond donors (Lipinski definition) is 1. The third-order valence-corrected chi connectivity index (χ3v) is 7.26. The van der Waals surface area contributed by atoms with Gasteiger partial charge in [-0.3, -0.25) is 0 Å². The molecule has 0 fully saturated rings. The molecule has 7 heteroatoms. The predicted octanol–water partition coefficient (Wildman–Crippen LogP) is 4.67. The first-order chi connectivity index (χ1) is 18.0. The van der Waals surface area contributed by atoms with E-state index in [1.54, 1.807) is 34.5 Å². The summed E-state index contributed by atoms with van der Waals surface area (Å²) in [6, 6.07) is 19.9. The molecule has 0 saturated heterocycles. The number of benzene rings is 3. The van der Waals surface area contributed by atoms with Gasteiger partial charge in [0.2, 0.25) is 6.29 Å². The molecule has 1 N–H and O–H groups in total. The van der Waals surface area contributed by atoms with E-state index < -0.39 is 11.7 Å². The zero-order valence-electron chi connectivity index (χ0n) is 22.3. The molecule has 0 spiro atoms. The van der Waals surface area contributed by atoms with Crippen molar-refractivity contribution in [1.82, 2.24) is 4.90 Å². The van der Waals surface area contributed by atoms with Crippen molar-refractivity contribution in [3.63, 3.8) is 0 Å². The van der Waals surface area contributed by atoms with Gasteiger partial charge in [0, 0.05) is 18.2 Å². The Morgan fingerprint density at radius 3 is 2.14 bits per heavy atom. The molecule has 0 radical (unpaired) electrons. The van der Waals surface area contributed by atoms with E-state index in [1.807, 2.05) is 36.4 Å². The zero-order valence-corrected chi connectivity index (χ0v) is 22.3. The van der Waals surface area contributed by atoms with Crippen molar-refractivity contribution in [2.45, 2.75) is 31.0 Å². The number of methoxy groups -OCH3 is 4.